The summed E-state index contributed by atoms with van der Waals surface area (Å²) in [4.78, 5) is 42.8. The number of benzene rings is 2. The van der Waals surface area contributed by atoms with Crippen LogP contribution in [0.5, 0.6) is 0 Å². The average molecular weight is 470 g/mol. The number of nitrogens with one attached hydrogen (secondary N) is 1. The van der Waals surface area contributed by atoms with E-state index in [1.165, 1.54) is 0 Å². The summed E-state index contributed by atoms with van der Waals surface area (Å²) in [6.07, 6.45) is 0.840. The second-order valence-corrected chi connectivity index (χ2v) is 9.22. The van der Waals surface area contributed by atoms with Crippen LogP contribution in [0.1, 0.15) is 47.4 Å². The van der Waals surface area contributed by atoms with Crippen LogP contribution < -0.4 is 5.32 Å². The van der Waals surface area contributed by atoms with Gasteiger partial charge in [-0.3, -0.25) is 19.3 Å². The van der Waals surface area contributed by atoms with Crippen LogP contribution in [0.15, 0.2) is 54.6 Å². The van der Waals surface area contributed by atoms with E-state index in [1.54, 1.807) is 58.3 Å². The second kappa shape index (κ2) is 9.53. The van der Waals surface area contributed by atoms with Crippen LogP contribution in [0.2, 0.25) is 5.02 Å². The first-order chi connectivity index (χ1) is 15.8. The zero-order valence-electron chi connectivity index (χ0n) is 18.8. The average Bonchev–Trinajstić information content (AvgIpc) is 3.17. The van der Waals surface area contributed by atoms with Crippen LogP contribution in [0.3, 0.4) is 0 Å². The zero-order chi connectivity index (χ0) is 23.6. The standard InChI is InChI=1S/C25H28ClN3O4/c1-17(2)27-22(30)21-16-33-25(29(21)24(32)18-7-4-3-5-8-18)11-13-28(14-12-25)23(31)19-9-6-10-20(26)15-19/h3-10,15,17,21H,11-14,16H2,1-2H3,(H,27,30)/t21-/m0/s1. The van der Waals surface area contributed by atoms with Crippen molar-refractivity contribution in [1.29, 1.82) is 0 Å². The van der Waals surface area contributed by atoms with Crippen molar-refractivity contribution in [3.8, 4) is 0 Å². The Morgan fingerprint density at radius 1 is 1.00 bits per heavy atom. The fraction of sp³-hybridized carbons (Fsp3) is 0.400. The second-order valence-electron chi connectivity index (χ2n) is 8.78. The molecule has 33 heavy (non-hydrogen) atoms. The molecule has 3 amide bonds. The Hall–Kier alpha value is -2.90. The summed E-state index contributed by atoms with van der Waals surface area (Å²) in [5, 5.41) is 3.41. The van der Waals surface area contributed by atoms with Crippen molar-refractivity contribution in [3.63, 3.8) is 0 Å². The maximum Gasteiger partial charge on any atom is 0.256 e. The predicted molar refractivity (Wildman–Crippen MR) is 125 cm³/mol. The minimum absolute atomic E-state index is 0.0557. The van der Waals surface area contributed by atoms with E-state index in [0.29, 0.717) is 42.1 Å². The first-order valence-electron chi connectivity index (χ1n) is 11.2. The molecule has 0 aromatic heterocycles. The van der Waals surface area contributed by atoms with Gasteiger partial charge in [0.2, 0.25) is 5.91 Å². The largest absolute Gasteiger partial charge is 0.353 e. The molecule has 2 aliphatic heterocycles. The minimum Gasteiger partial charge on any atom is -0.353 e. The normalized spacial score (nSPS) is 19.7. The number of hydrogen-bond donors (Lipinski definition) is 1. The van der Waals surface area contributed by atoms with E-state index in [-0.39, 0.29) is 30.4 Å². The van der Waals surface area contributed by atoms with Gasteiger partial charge in [-0.2, -0.15) is 0 Å². The minimum atomic E-state index is -0.934. The maximum absolute atomic E-state index is 13.6. The number of piperidine rings is 1. The van der Waals surface area contributed by atoms with Crippen molar-refractivity contribution >= 4 is 29.3 Å². The molecule has 2 aromatic carbocycles. The quantitative estimate of drug-likeness (QED) is 0.744. The highest BCUT2D eigenvalue weighted by atomic mass is 35.5. The Morgan fingerprint density at radius 2 is 1.67 bits per heavy atom. The number of rotatable bonds is 4. The molecule has 2 fully saturated rings. The number of ether oxygens (including phenoxy) is 1. The Morgan fingerprint density at radius 3 is 2.30 bits per heavy atom. The summed E-state index contributed by atoms with van der Waals surface area (Å²) in [5.41, 5.74) is 0.0937. The predicted octanol–water partition coefficient (Wildman–Crippen LogP) is 3.34. The fourth-order valence-electron chi connectivity index (χ4n) is 4.53. The molecule has 7 nitrogen and oxygen atoms in total. The van der Waals surface area contributed by atoms with Crippen molar-refractivity contribution in [3.05, 3.63) is 70.7 Å². The molecule has 0 radical (unpaired) electrons. The van der Waals surface area contributed by atoms with Gasteiger partial charge in [0.1, 0.15) is 11.8 Å². The Kier molecular flexibility index (Phi) is 6.72. The van der Waals surface area contributed by atoms with Crippen LogP contribution in [0.4, 0.5) is 0 Å². The lowest BCUT2D eigenvalue weighted by Crippen LogP contribution is -2.60. The van der Waals surface area contributed by atoms with Crippen molar-refractivity contribution in [1.82, 2.24) is 15.1 Å². The number of halogens is 1. The number of likely N-dealkylation sites (tertiary alicyclic amines) is 1. The third kappa shape index (κ3) is 4.75. The SMILES string of the molecule is CC(C)NC(=O)[C@@H]1COC2(CCN(C(=O)c3cccc(Cl)c3)CC2)N1C(=O)c1ccccc1. The van der Waals surface area contributed by atoms with Gasteiger partial charge in [-0.25, -0.2) is 0 Å². The molecule has 4 rings (SSSR count). The topological polar surface area (TPSA) is 79.0 Å². The summed E-state index contributed by atoms with van der Waals surface area (Å²) in [6, 6.07) is 15.0. The molecule has 2 saturated heterocycles. The van der Waals surface area contributed by atoms with Crippen LogP contribution in [0, 0.1) is 0 Å². The number of nitrogens with zero attached hydrogens (tertiary/aromatic N) is 2. The van der Waals surface area contributed by atoms with Gasteiger partial charge in [0.15, 0.2) is 0 Å². The zero-order valence-corrected chi connectivity index (χ0v) is 19.5. The first-order valence-corrected chi connectivity index (χ1v) is 11.6. The summed E-state index contributed by atoms with van der Waals surface area (Å²) in [6.45, 7) is 4.70. The molecule has 0 bridgehead atoms. The van der Waals surface area contributed by atoms with Crippen LogP contribution in [-0.4, -0.2) is 65.0 Å². The summed E-state index contributed by atoms with van der Waals surface area (Å²) in [5.74, 6) is -0.587. The molecule has 0 aliphatic carbocycles. The molecule has 1 spiro atoms. The Labute approximate surface area is 198 Å². The van der Waals surface area contributed by atoms with E-state index >= 15 is 0 Å². The van der Waals surface area contributed by atoms with Gasteiger partial charge in [0, 0.05) is 48.1 Å². The number of carbonyl (C=O) groups excluding carboxylic acids is 3. The van der Waals surface area contributed by atoms with E-state index in [2.05, 4.69) is 5.32 Å². The van der Waals surface area contributed by atoms with Crippen molar-refractivity contribution in [2.24, 2.45) is 0 Å². The van der Waals surface area contributed by atoms with Gasteiger partial charge in [-0.15, -0.1) is 0 Å². The third-order valence-electron chi connectivity index (χ3n) is 6.14. The smallest absolute Gasteiger partial charge is 0.256 e. The van der Waals surface area contributed by atoms with Gasteiger partial charge in [-0.05, 0) is 44.2 Å². The Bertz CT molecular complexity index is 1030. The lowest BCUT2D eigenvalue weighted by molar-refractivity contribution is -0.128. The molecule has 2 aliphatic rings. The van der Waals surface area contributed by atoms with Crippen LogP contribution in [0.25, 0.3) is 0 Å². The fourth-order valence-corrected chi connectivity index (χ4v) is 4.72. The Balaban J connectivity index is 1.57. The summed E-state index contributed by atoms with van der Waals surface area (Å²) in [7, 11) is 0. The molecule has 1 N–H and O–H groups in total. The monoisotopic (exact) mass is 469 g/mol. The molecule has 8 heteroatoms. The lowest BCUT2D eigenvalue weighted by atomic mass is 9.96. The van der Waals surface area contributed by atoms with Gasteiger partial charge in [0.25, 0.3) is 11.8 Å². The molecule has 2 aromatic rings. The molecule has 1 atom stereocenters. The molecular formula is C25H28ClN3O4. The number of hydrogen-bond acceptors (Lipinski definition) is 4. The maximum atomic E-state index is 13.6. The molecule has 0 saturated carbocycles. The van der Waals surface area contributed by atoms with Crippen LogP contribution in [-0.2, 0) is 9.53 Å². The van der Waals surface area contributed by atoms with Crippen molar-refractivity contribution in [2.45, 2.75) is 44.5 Å². The summed E-state index contributed by atoms with van der Waals surface area (Å²) < 4.78 is 6.19. The van der Waals surface area contributed by atoms with Gasteiger partial charge < -0.3 is 15.0 Å². The highest BCUT2D eigenvalue weighted by Crippen LogP contribution is 2.39. The highest BCUT2D eigenvalue weighted by Gasteiger charge is 2.54. The van der Waals surface area contributed by atoms with E-state index in [0.717, 1.165) is 0 Å². The van der Waals surface area contributed by atoms with Crippen molar-refractivity contribution < 1.29 is 19.1 Å². The summed E-state index contributed by atoms with van der Waals surface area (Å²) >= 11 is 6.05. The lowest BCUT2D eigenvalue weighted by Gasteiger charge is -2.44. The van der Waals surface area contributed by atoms with Crippen molar-refractivity contribution in [2.75, 3.05) is 19.7 Å². The molecule has 2 heterocycles. The molecule has 0 unspecified atom stereocenters. The van der Waals surface area contributed by atoms with E-state index in [1.807, 2.05) is 19.9 Å². The number of carbonyl (C=O) groups is 3. The van der Waals surface area contributed by atoms with E-state index < -0.39 is 11.8 Å². The molecular weight excluding hydrogens is 442 g/mol. The molecule has 174 valence electrons. The van der Waals surface area contributed by atoms with Gasteiger partial charge in [-0.1, -0.05) is 35.9 Å². The first kappa shape index (κ1) is 23.3. The van der Waals surface area contributed by atoms with Gasteiger partial charge in [0.05, 0.1) is 6.61 Å². The van der Waals surface area contributed by atoms with E-state index in [4.69, 9.17) is 16.3 Å². The van der Waals surface area contributed by atoms with Gasteiger partial charge >= 0.3 is 0 Å². The van der Waals surface area contributed by atoms with Crippen LogP contribution >= 0.6 is 11.6 Å². The number of amides is 3. The van der Waals surface area contributed by atoms with E-state index in [9.17, 15) is 14.4 Å². The highest BCUT2D eigenvalue weighted by molar-refractivity contribution is 6.30. The third-order valence-corrected chi connectivity index (χ3v) is 6.37.